The quantitative estimate of drug-likeness (QED) is 0.830. The van der Waals surface area contributed by atoms with Crippen LogP contribution in [0.5, 0.6) is 0 Å². The summed E-state index contributed by atoms with van der Waals surface area (Å²) in [7, 11) is 1.83. The van der Waals surface area contributed by atoms with E-state index >= 15 is 0 Å². The van der Waals surface area contributed by atoms with Gasteiger partial charge in [0.15, 0.2) is 0 Å². The van der Waals surface area contributed by atoms with Crippen molar-refractivity contribution in [3.8, 4) is 0 Å². The molecule has 3 unspecified atom stereocenters. The number of piperidine rings is 2. The van der Waals surface area contributed by atoms with Gasteiger partial charge in [0, 0.05) is 31.7 Å². The molecule has 1 N–H and O–H groups in total. The number of amides is 1. The van der Waals surface area contributed by atoms with E-state index in [0.717, 1.165) is 12.8 Å². The molecule has 0 spiro atoms. The minimum atomic E-state index is -4.19. The highest BCUT2D eigenvalue weighted by Crippen LogP contribution is 2.31. The molecule has 0 aromatic carbocycles. The summed E-state index contributed by atoms with van der Waals surface area (Å²) < 4.78 is 37.7. The van der Waals surface area contributed by atoms with Gasteiger partial charge in [0.1, 0.15) is 0 Å². The molecule has 3 fully saturated rings. The molecule has 3 atom stereocenters. The lowest BCUT2D eigenvalue weighted by Gasteiger charge is -2.39. The van der Waals surface area contributed by atoms with Crippen molar-refractivity contribution in [2.45, 2.75) is 62.8 Å². The van der Waals surface area contributed by atoms with Crippen molar-refractivity contribution in [2.24, 2.45) is 5.92 Å². The molecule has 140 valence electrons. The van der Waals surface area contributed by atoms with Gasteiger partial charge in [-0.1, -0.05) is 0 Å². The maximum Gasteiger partial charge on any atom is 0.401 e. The van der Waals surface area contributed by atoms with Gasteiger partial charge in [-0.25, -0.2) is 0 Å². The molecular formula is C16H27ClF3N3O. The number of halogens is 4. The molecule has 3 aliphatic heterocycles. The van der Waals surface area contributed by atoms with Gasteiger partial charge >= 0.3 is 6.18 Å². The zero-order valence-electron chi connectivity index (χ0n) is 14.0. The van der Waals surface area contributed by atoms with Gasteiger partial charge in [0.25, 0.3) is 0 Å². The third-order valence-electron chi connectivity index (χ3n) is 5.60. The molecule has 24 heavy (non-hydrogen) atoms. The van der Waals surface area contributed by atoms with Gasteiger partial charge in [-0.3, -0.25) is 9.69 Å². The van der Waals surface area contributed by atoms with Crippen LogP contribution in [0.25, 0.3) is 0 Å². The van der Waals surface area contributed by atoms with Crippen molar-refractivity contribution < 1.29 is 18.0 Å². The Hall–Kier alpha value is -0.530. The largest absolute Gasteiger partial charge is 0.401 e. The first-order valence-electron chi connectivity index (χ1n) is 8.63. The Bertz CT molecular complexity index is 437. The van der Waals surface area contributed by atoms with Gasteiger partial charge < -0.3 is 10.2 Å². The van der Waals surface area contributed by atoms with Gasteiger partial charge in [0.05, 0.1) is 12.5 Å². The fourth-order valence-electron chi connectivity index (χ4n) is 4.47. The van der Waals surface area contributed by atoms with Crippen LogP contribution in [0.4, 0.5) is 13.2 Å². The van der Waals surface area contributed by atoms with Crippen molar-refractivity contribution in [1.29, 1.82) is 0 Å². The lowest BCUT2D eigenvalue weighted by molar-refractivity contribution is -0.155. The number of carbonyl (C=O) groups is 1. The van der Waals surface area contributed by atoms with E-state index in [1.807, 2.05) is 11.9 Å². The van der Waals surface area contributed by atoms with Crippen LogP contribution in [-0.4, -0.2) is 66.7 Å². The lowest BCUT2D eigenvalue weighted by Crippen LogP contribution is -2.52. The van der Waals surface area contributed by atoms with Crippen LogP contribution in [0.3, 0.4) is 0 Å². The fourth-order valence-corrected chi connectivity index (χ4v) is 4.47. The molecule has 4 nitrogen and oxygen atoms in total. The predicted molar refractivity (Wildman–Crippen MR) is 88.2 cm³/mol. The van der Waals surface area contributed by atoms with E-state index in [1.165, 1.54) is 17.7 Å². The molecule has 0 aromatic rings. The molecule has 8 heteroatoms. The van der Waals surface area contributed by atoms with Crippen LogP contribution in [0.1, 0.15) is 38.5 Å². The SMILES string of the molecule is CN(C(=O)C1CCCN(CC(F)(F)F)C1)C1CC2CCC(C1)N2.Cl. The van der Waals surface area contributed by atoms with Crippen LogP contribution in [0.2, 0.25) is 0 Å². The van der Waals surface area contributed by atoms with E-state index in [1.54, 1.807) is 0 Å². The fraction of sp³-hybridized carbons (Fsp3) is 0.938. The predicted octanol–water partition coefficient (Wildman–Crippen LogP) is 2.42. The summed E-state index contributed by atoms with van der Waals surface area (Å²) in [4.78, 5) is 15.9. The van der Waals surface area contributed by atoms with Crippen LogP contribution in [-0.2, 0) is 4.79 Å². The summed E-state index contributed by atoms with van der Waals surface area (Å²) >= 11 is 0. The van der Waals surface area contributed by atoms with Crippen molar-refractivity contribution in [2.75, 3.05) is 26.7 Å². The van der Waals surface area contributed by atoms with E-state index in [2.05, 4.69) is 5.32 Å². The van der Waals surface area contributed by atoms with Crippen molar-refractivity contribution >= 4 is 18.3 Å². The highest BCUT2D eigenvalue weighted by molar-refractivity contribution is 5.85. The van der Waals surface area contributed by atoms with Crippen LogP contribution in [0, 0.1) is 5.92 Å². The summed E-state index contributed by atoms with van der Waals surface area (Å²) in [6, 6.07) is 1.24. The Morgan fingerprint density at radius 2 is 1.83 bits per heavy atom. The number of carbonyl (C=O) groups excluding carboxylic acids is 1. The summed E-state index contributed by atoms with van der Waals surface area (Å²) in [5.74, 6) is -0.258. The molecule has 3 heterocycles. The number of hydrogen-bond donors (Lipinski definition) is 1. The Morgan fingerprint density at radius 3 is 2.42 bits per heavy atom. The first-order chi connectivity index (χ1) is 10.8. The first kappa shape index (κ1) is 19.8. The van der Waals surface area contributed by atoms with Crippen molar-refractivity contribution in [1.82, 2.24) is 15.1 Å². The minimum Gasteiger partial charge on any atom is -0.342 e. The zero-order valence-corrected chi connectivity index (χ0v) is 14.8. The Morgan fingerprint density at radius 1 is 1.21 bits per heavy atom. The highest BCUT2D eigenvalue weighted by atomic mass is 35.5. The monoisotopic (exact) mass is 369 g/mol. The number of likely N-dealkylation sites (tertiary alicyclic amines) is 1. The lowest BCUT2D eigenvalue weighted by atomic mass is 9.93. The van der Waals surface area contributed by atoms with Crippen LogP contribution >= 0.6 is 12.4 Å². The van der Waals surface area contributed by atoms with Crippen LogP contribution in [0.15, 0.2) is 0 Å². The molecule has 0 saturated carbocycles. The summed E-state index contributed by atoms with van der Waals surface area (Å²) in [5, 5.41) is 3.56. The molecule has 0 radical (unpaired) electrons. The van der Waals surface area contributed by atoms with Gasteiger partial charge in [-0.05, 0) is 45.1 Å². The van der Waals surface area contributed by atoms with E-state index < -0.39 is 12.7 Å². The Kier molecular flexibility index (Phi) is 6.42. The zero-order chi connectivity index (χ0) is 16.6. The van der Waals surface area contributed by atoms with E-state index in [0.29, 0.717) is 31.5 Å². The standard InChI is InChI=1S/C16H26F3N3O.ClH/c1-21(14-7-12-4-5-13(8-14)20-12)15(23)11-3-2-6-22(9-11)10-16(17,18)19;/h11-14,20H,2-10H2,1H3;1H. The van der Waals surface area contributed by atoms with Crippen molar-refractivity contribution in [3.63, 3.8) is 0 Å². The molecular weight excluding hydrogens is 343 g/mol. The normalized spacial score (nSPS) is 33.8. The molecule has 0 aliphatic carbocycles. The highest BCUT2D eigenvalue weighted by Gasteiger charge is 2.39. The molecule has 0 aromatic heterocycles. The molecule has 2 bridgehead atoms. The van der Waals surface area contributed by atoms with Gasteiger partial charge in [0.2, 0.25) is 5.91 Å². The molecule has 1 amide bonds. The molecule has 3 saturated heterocycles. The second-order valence-corrected chi connectivity index (χ2v) is 7.40. The molecule has 3 aliphatic rings. The summed E-state index contributed by atoms with van der Waals surface area (Å²) in [6.07, 6.45) is 1.46. The third-order valence-corrected chi connectivity index (χ3v) is 5.60. The minimum absolute atomic E-state index is 0. The number of nitrogens with zero attached hydrogens (tertiary/aromatic N) is 2. The van der Waals surface area contributed by atoms with E-state index in [4.69, 9.17) is 0 Å². The number of alkyl halides is 3. The van der Waals surface area contributed by atoms with Gasteiger partial charge in [-0.15, -0.1) is 12.4 Å². The number of fused-ring (bicyclic) bond motifs is 2. The van der Waals surface area contributed by atoms with E-state index in [-0.39, 0.29) is 36.8 Å². The maximum absolute atomic E-state index is 12.7. The summed E-state index contributed by atoms with van der Waals surface area (Å²) in [6.45, 7) is -0.233. The van der Waals surface area contributed by atoms with E-state index in [9.17, 15) is 18.0 Å². The smallest absolute Gasteiger partial charge is 0.342 e. The third kappa shape index (κ3) is 4.76. The maximum atomic E-state index is 12.7. The number of nitrogens with one attached hydrogen (secondary N) is 1. The second-order valence-electron chi connectivity index (χ2n) is 7.40. The number of rotatable bonds is 3. The average molecular weight is 370 g/mol. The summed E-state index contributed by atoms with van der Waals surface area (Å²) in [5.41, 5.74) is 0. The number of hydrogen-bond acceptors (Lipinski definition) is 3. The van der Waals surface area contributed by atoms with Crippen molar-refractivity contribution in [3.05, 3.63) is 0 Å². The topological polar surface area (TPSA) is 35.6 Å². The Balaban J connectivity index is 0.00000208. The second kappa shape index (κ2) is 7.79. The first-order valence-corrected chi connectivity index (χ1v) is 8.63. The average Bonchev–Trinajstić information content (AvgIpc) is 2.82. The Labute approximate surface area is 147 Å². The van der Waals surface area contributed by atoms with Gasteiger partial charge in [-0.2, -0.15) is 13.2 Å². The van der Waals surface area contributed by atoms with Crippen LogP contribution < -0.4 is 5.32 Å². The molecule has 3 rings (SSSR count).